The van der Waals surface area contributed by atoms with Crippen molar-refractivity contribution < 1.29 is 14.0 Å². The molecule has 0 saturated heterocycles. The molecule has 0 N–H and O–H groups in total. The van der Waals surface area contributed by atoms with Gasteiger partial charge < -0.3 is 14.0 Å². The Bertz CT molecular complexity index is 779. The molecule has 2 aromatic carbocycles. The van der Waals surface area contributed by atoms with Gasteiger partial charge in [0.25, 0.3) is 5.89 Å². The van der Waals surface area contributed by atoms with Crippen LogP contribution in [0.2, 0.25) is 0 Å². The van der Waals surface area contributed by atoms with E-state index >= 15 is 0 Å². The van der Waals surface area contributed by atoms with Crippen molar-refractivity contribution in [3.63, 3.8) is 0 Å². The van der Waals surface area contributed by atoms with Gasteiger partial charge in [-0.25, -0.2) is 0 Å². The summed E-state index contributed by atoms with van der Waals surface area (Å²) in [6.07, 6.45) is 0.114. The number of nitrogens with zero attached hydrogens (tertiary/aromatic N) is 2. The Morgan fingerprint density at radius 2 is 1.74 bits per heavy atom. The highest BCUT2D eigenvalue weighted by Crippen LogP contribution is 2.26. The summed E-state index contributed by atoms with van der Waals surface area (Å²) in [5.74, 6) is 2.57. The summed E-state index contributed by atoms with van der Waals surface area (Å²) in [7, 11) is 1.63. The Kier molecular flexibility index (Phi) is 4.28. The third kappa shape index (κ3) is 3.51. The maximum atomic E-state index is 5.69. The summed E-state index contributed by atoms with van der Waals surface area (Å²) in [5, 5.41) is 4.04. The normalized spacial score (nSPS) is 10.8. The number of hydrogen-bond donors (Lipinski definition) is 0. The zero-order chi connectivity index (χ0) is 16.2. The number of rotatable bonds is 5. The van der Waals surface area contributed by atoms with Crippen LogP contribution in [0.25, 0.3) is 22.8 Å². The molecule has 118 valence electrons. The van der Waals surface area contributed by atoms with Crippen LogP contribution < -0.4 is 9.47 Å². The Morgan fingerprint density at radius 1 is 0.957 bits per heavy atom. The maximum Gasteiger partial charge on any atom is 0.258 e. The first-order valence-electron chi connectivity index (χ1n) is 7.41. The highest BCUT2D eigenvalue weighted by Gasteiger charge is 2.11. The number of aromatic nitrogens is 2. The van der Waals surface area contributed by atoms with Gasteiger partial charge >= 0.3 is 0 Å². The topological polar surface area (TPSA) is 57.4 Å². The van der Waals surface area contributed by atoms with Gasteiger partial charge in [0.2, 0.25) is 5.82 Å². The van der Waals surface area contributed by atoms with Gasteiger partial charge in [-0.05, 0) is 56.3 Å². The Hall–Kier alpha value is -2.82. The lowest BCUT2D eigenvalue weighted by Crippen LogP contribution is -2.05. The number of methoxy groups -OCH3 is 1. The van der Waals surface area contributed by atoms with Crippen molar-refractivity contribution in [1.82, 2.24) is 10.1 Å². The van der Waals surface area contributed by atoms with Crippen molar-refractivity contribution in [3.05, 3.63) is 48.5 Å². The third-order valence-electron chi connectivity index (χ3n) is 3.23. The molecule has 5 heteroatoms. The molecule has 0 saturated carbocycles. The van der Waals surface area contributed by atoms with Crippen molar-refractivity contribution in [2.24, 2.45) is 0 Å². The predicted octanol–water partition coefficient (Wildman–Crippen LogP) is 4.20. The first-order chi connectivity index (χ1) is 11.2. The van der Waals surface area contributed by atoms with Crippen molar-refractivity contribution in [1.29, 1.82) is 0 Å². The summed E-state index contributed by atoms with van der Waals surface area (Å²) < 4.78 is 16.2. The SMILES string of the molecule is COc1ccc(-c2noc(-c3cccc(OC(C)C)c3)n2)cc1. The largest absolute Gasteiger partial charge is 0.497 e. The van der Waals surface area contributed by atoms with Crippen LogP contribution in [0.5, 0.6) is 11.5 Å². The van der Waals surface area contributed by atoms with Crippen molar-refractivity contribution in [2.45, 2.75) is 20.0 Å². The minimum Gasteiger partial charge on any atom is -0.497 e. The Morgan fingerprint density at radius 3 is 2.43 bits per heavy atom. The van der Waals surface area contributed by atoms with E-state index in [2.05, 4.69) is 10.1 Å². The van der Waals surface area contributed by atoms with Crippen LogP contribution in [0, 0.1) is 0 Å². The van der Waals surface area contributed by atoms with Crippen LogP contribution in [0.4, 0.5) is 0 Å². The molecule has 3 rings (SSSR count). The molecule has 1 heterocycles. The van der Waals surface area contributed by atoms with Crippen LogP contribution in [-0.2, 0) is 0 Å². The van der Waals surface area contributed by atoms with E-state index in [1.807, 2.05) is 62.4 Å². The standard InChI is InChI=1S/C18H18N2O3/c1-12(2)22-16-6-4-5-14(11-16)18-19-17(20-23-18)13-7-9-15(21-3)10-8-13/h4-12H,1-3H3. The van der Waals surface area contributed by atoms with Gasteiger partial charge in [0, 0.05) is 11.1 Å². The van der Waals surface area contributed by atoms with Gasteiger partial charge in [0.15, 0.2) is 0 Å². The smallest absolute Gasteiger partial charge is 0.258 e. The van der Waals surface area contributed by atoms with Crippen molar-refractivity contribution in [3.8, 4) is 34.3 Å². The molecule has 23 heavy (non-hydrogen) atoms. The van der Waals surface area contributed by atoms with E-state index in [1.165, 1.54) is 0 Å². The molecular formula is C18H18N2O3. The van der Waals surface area contributed by atoms with E-state index in [0.717, 1.165) is 22.6 Å². The average Bonchev–Trinajstić information content (AvgIpc) is 3.04. The first kappa shape index (κ1) is 15.1. The summed E-state index contributed by atoms with van der Waals surface area (Å²) in [4.78, 5) is 4.45. The second-order valence-corrected chi connectivity index (χ2v) is 5.35. The molecule has 1 aromatic heterocycles. The fourth-order valence-corrected chi connectivity index (χ4v) is 2.17. The Balaban J connectivity index is 1.86. The van der Waals surface area contributed by atoms with Gasteiger partial charge in [0.1, 0.15) is 11.5 Å². The molecule has 0 bridgehead atoms. The summed E-state index contributed by atoms with van der Waals surface area (Å²) in [6, 6.07) is 15.1. The number of benzene rings is 2. The van der Waals surface area contributed by atoms with Gasteiger partial charge in [-0.2, -0.15) is 4.98 Å². The van der Waals surface area contributed by atoms with Gasteiger partial charge in [0.05, 0.1) is 13.2 Å². The quantitative estimate of drug-likeness (QED) is 0.707. The number of ether oxygens (including phenoxy) is 2. The second-order valence-electron chi connectivity index (χ2n) is 5.35. The zero-order valence-corrected chi connectivity index (χ0v) is 13.3. The molecule has 5 nitrogen and oxygen atoms in total. The third-order valence-corrected chi connectivity index (χ3v) is 3.23. The predicted molar refractivity (Wildman–Crippen MR) is 87.5 cm³/mol. The average molecular weight is 310 g/mol. The van der Waals surface area contributed by atoms with Crippen LogP contribution >= 0.6 is 0 Å². The minimum absolute atomic E-state index is 0.114. The molecule has 0 spiro atoms. The van der Waals surface area contributed by atoms with Crippen LogP contribution in [0.1, 0.15) is 13.8 Å². The molecule has 0 radical (unpaired) electrons. The molecule has 3 aromatic rings. The van der Waals surface area contributed by atoms with E-state index in [-0.39, 0.29) is 6.10 Å². The molecular weight excluding hydrogens is 292 g/mol. The monoisotopic (exact) mass is 310 g/mol. The Labute approximate surface area is 134 Å². The van der Waals surface area contributed by atoms with Gasteiger partial charge in [-0.3, -0.25) is 0 Å². The summed E-state index contributed by atoms with van der Waals surface area (Å²) in [6.45, 7) is 3.97. The molecule has 0 atom stereocenters. The molecule has 0 fully saturated rings. The fraction of sp³-hybridized carbons (Fsp3) is 0.222. The molecule has 0 aliphatic rings. The fourth-order valence-electron chi connectivity index (χ4n) is 2.17. The van der Waals surface area contributed by atoms with Crippen molar-refractivity contribution in [2.75, 3.05) is 7.11 Å². The van der Waals surface area contributed by atoms with Crippen molar-refractivity contribution >= 4 is 0 Å². The maximum absolute atomic E-state index is 5.69. The van der Waals surface area contributed by atoms with Crippen LogP contribution in [-0.4, -0.2) is 23.4 Å². The first-order valence-corrected chi connectivity index (χ1v) is 7.41. The lowest BCUT2D eigenvalue weighted by atomic mass is 10.2. The molecule has 0 aliphatic heterocycles. The van der Waals surface area contributed by atoms with Crippen LogP contribution in [0.3, 0.4) is 0 Å². The highest BCUT2D eigenvalue weighted by atomic mass is 16.5. The molecule has 0 aliphatic carbocycles. The van der Waals surface area contributed by atoms with E-state index in [4.69, 9.17) is 14.0 Å². The van der Waals surface area contributed by atoms with E-state index < -0.39 is 0 Å². The lowest BCUT2D eigenvalue weighted by Gasteiger charge is -2.09. The van der Waals surface area contributed by atoms with E-state index in [1.54, 1.807) is 7.11 Å². The molecule has 0 amide bonds. The lowest BCUT2D eigenvalue weighted by molar-refractivity contribution is 0.242. The summed E-state index contributed by atoms with van der Waals surface area (Å²) >= 11 is 0. The van der Waals surface area contributed by atoms with Crippen LogP contribution in [0.15, 0.2) is 53.1 Å². The number of hydrogen-bond acceptors (Lipinski definition) is 5. The minimum atomic E-state index is 0.114. The zero-order valence-electron chi connectivity index (χ0n) is 13.3. The van der Waals surface area contributed by atoms with Gasteiger partial charge in [-0.1, -0.05) is 11.2 Å². The van der Waals surface area contributed by atoms with Gasteiger partial charge in [-0.15, -0.1) is 0 Å². The second kappa shape index (κ2) is 6.52. The summed E-state index contributed by atoms with van der Waals surface area (Å²) in [5.41, 5.74) is 1.70. The highest BCUT2D eigenvalue weighted by molar-refractivity contribution is 5.61. The molecule has 0 unspecified atom stereocenters. The van der Waals surface area contributed by atoms with E-state index in [9.17, 15) is 0 Å². The van der Waals surface area contributed by atoms with E-state index in [0.29, 0.717) is 11.7 Å².